The molecule has 15 heteroatoms. The van der Waals surface area contributed by atoms with E-state index in [-0.39, 0.29) is 34.3 Å². The SMILES string of the molecule is Nc1nc(C(=NO)C(=O)NC2C(=O)N3CC(C=CSc4cc(=O)c5ccccc5s4)(C(=O)O)CS[C@H]23)cs1. The molecule has 2 unspecified atom stereocenters. The Morgan fingerprint density at radius 2 is 2.11 bits per heavy atom. The first-order valence-electron chi connectivity index (χ1n) is 11.0. The van der Waals surface area contributed by atoms with Crippen LogP contribution < -0.4 is 16.5 Å². The summed E-state index contributed by atoms with van der Waals surface area (Å²) in [5.41, 5.74) is 3.84. The van der Waals surface area contributed by atoms with Gasteiger partial charge in [-0.1, -0.05) is 35.1 Å². The minimum Gasteiger partial charge on any atom is -0.481 e. The maximum Gasteiger partial charge on any atom is 0.316 e. The number of nitrogens with two attached hydrogens (primary N) is 1. The first-order chi connectivity index (χ1) is 18.2. The number of carbonyl (C=O) groups is 3. The van der Waals surface area contributed by atoms with E-state index >= 15 is 0 Å². The van der Waals surface area contributed by atoms with E-state index in [2.05, 4.69) is 15.5 Å². The first kappa shape index (κ1) is 26.2. The number of aliphatic carboxylic acids is 1. The minimum atomic E-state index is -1.34. The molecule has 0 bridgehead atoms. The van der Waals surface area contributed by atoms with Crippen molar-refractivity contribution in [3.05, 3.63) is 63.1 Å². The maximum absolute atomic E-state index is 12.9. The predicted molar refractivity (Wildman–Crippen MR) is 148 cm³/mol. The normalized spacial score (nSPS) is 23.3. The molecule has 2 fully saturated rings. The summed E-state index contributed by atoms with van der Waals surface area (Å²) in [6.07, 6.45) is 1.55. The van der Waals surface area contributed by atoms with Gasteiger partial charge in [0.1, 0.15) is 22.5 Å². The summed E-state index contributed by atoms with van der Waals surface area (Å²) >= 11 is 4.99. The summed E-state index contributed by atoms with van der Waals surface area (Å²) in [5.74, 6) is -2.15. The molecule has 4 heterocycles. The van der Waals surface area contributed by atoms with Crippen LogP contribution in [0, 0.1) is 5.41 Å². The molecule has 11 nitrogen and oxygen atoms in total. The number of carbonyl (C=O) groups excluding carboxylic acids is 2. The molecule has 5 rings (SSSR count). The number of carboxylic acids is 1. The number of thiazole rings is 1. The van der Waals surface area contributed by atoms with Crippen LogP contribution >= 0.6 is 46.2 Å². The maximum atomic E-state index is 12.9. The molecule has 2 aromatic heterocycles. The molecule has 0 spiro atoms. The molecule has 0 aliphatic carbocycles. The van der Waals surface area contributed by atoms with Gasteiger partial charge < -0.3 is 26.3 Å². The van der Waals surface area contributed by atoms with Crippen molar-refractivity contribution in [3.8, 4) is 0 Å². The van der Waals surface area contributed by atoms with Gasteiger partial charge in [0.25, 0.3) is 5.91 Å². The highest BCUT2D eigenvalue weighted by Gasteiger charge is 2.57. The number of nitrogen functional groups attached to an aromatic ring is 1. The highest BCUT2D eigenvalue weighted by Crippen LogP contribution is 2.43. The fraction of sp³-hybridized carbons (Fsp3) is 0.217. The van der Waals surface area contributed by atoms with E-state index in [1.54, 1.807) is 23.6 Å². The van der Waals surface area contributed by atoms with Crippen molar-refractivity contribution >= 4 is 84.9 Å². The molecule has 2 amide bonds. The lowest BCUT2D eigenvalue weighted by Crippen LogP contribution is -2.73. The van der Waals surface area contributed by atoms with Crippen LogP contribution in [0.1, 0.15) is 5.69 Å². The zero-order valence-electron chi connectivity index (χ0n) is 19.3. The van der Waals surface area contributed by atoms with Gasteiger partial charge in [-0.25, -0.2) is 4.98 Å². The lowest BCUT2D eigenvalue weighted by Gasteiger charge is -2.53. The largest absolute Gasteiger partial charge is 0.481 e. The van der Waals surface area contributed by atoms with Crippen LogP contribution in [-0.4, -0.2) is 67.4 Å². The second-order valence-corrected chi connectivity index (χ2v) is 12.7. The van der Waals surface area contributed by atoms with Crippen LogP contribution in [0.15, 0.2) is 61.4 Å². The van der Waals surface area contributed by atoms with Gasteiger partial charge in [0, 0.05) is 33.8 Å². The number of amides is 2. The number of anilines is 1. The van der Waals surface area contributed by atoms with Crippen LogP contribution in [0.4, 0.5) is 5.13 Å². The average Bonchev–Trinajstić information content (AvgIpc) is 3.33. The number of thioether (sulfide) groups is 2. The molecule has 1 aromatic carbocycles. The number of aromatic nitrogens is 1. The number of nitrogens with zero attached hydrogens (tertiary/aromatic N) is 3. The fourth-order valence-corrected chi connectivity index (χ4v) is 8.22. The molecular weight excluding hydrogens is 571 g/mol. The summed E-state index contributed by atoms with van der Waals surface area (Å²) in [5, 5.41) is 28.3. The van der Waals surface area contributed by atoms with Crippen LogP contribution in [0.25, 0.3) is 10.1 Å². The van der Waals surface area contributed by atoms with E-state index in [0.29, 0.717) is 5.39 Å². The molecule has 0 radical (unpaired) electrons. The lowest BCUT2D eigenvalue weighted by atomic mass is 9.87. The van der Waals surface area contributed by atoms with Crippen LogP contribution in [0.5, 0.6) is 0 Å². The zero-order valence-corrected chi connectivity index (χ0v) is 22.5. The average molecular weight is 590 g/mol. The number of carboxylic acid groups (broad SMARTS) is 1. The van der Waals surface area contributed by atoms with Crippen molar-refractivity contribution in [1.29, 1.82) is 0 Å². The molecule has 0 saturated carbocycles. The molecule has 2 aliphatic rings. The Kier molecular flexibility index (Phi) is 7.17. The number of β-lactam (4-membered cyclic amide) rings is 1. The molecule has 196 valence electrons. The van der Waals surface area contributed by atoms with Gasteiger partial charge in [0.05, 0.1) is 4.21 Å². The highest BCUT2D eigenvalue weighted by atomic mass is 32.2. The topological polar surface area (TPSA) is 175 Å². The fourth-order valence-electron chi connectivity index (χ4n) is 4.09. The van der Waals surface area contributed by atoms with E-state index in [4.69, 9.17) is 5.73 Å². The van der Waals surface area contributed by atoms with Crippen molar-refractivity contribution in [2.24, 2.45) is 10.6 Å². The molecular formula is C23H19N5O6S4. The van der Waals surface area contributed by atoms with Crippen LogP contribution in [0.2, 0.25) is 0 Å². The lowest BCUT2D eigenvalue weighted by molar-refractivity contribution is -0.156. The van der Waals surface area contributed by atoms with E-state index < -0.39 is 34.6 Å². The summed E-state index contributed by atoms with van der Waals surface area (Å²) in [6, 6.07) is 7.90. The third-order valence-corrected chi connectivity index (χ3v) is 10.4. The monoisotopic (exact) mass is 589 g/mol. The quantitative estimate of drug-likeness (QED) is 0.105. The standard InChI is InChI=1S/C23H19N5O6S4/c24-22-25-12(8-36-22)16(27-34)18(30)26-17-19(31)28-9-23(21(32)33,10-37-20(17)28)5-6-35-15-7-13(29)11-3-1-2-4-14(11)38-15/h1-8,17,20,34H,9-10H2,(H2,24,25)(H,26,30)(H,32,33)/t17?,20-,23?/m1/s1. The highest BCUT2D eigenvalue weighted by molar-refractivity contribution is 8.04. The number of hydrogen-bond acceptors (Lipinski definition) is 12. The number of oxime groups is 1. The summed E-state index contributed by atoms with van der Waals surface area (Å²) < 4.78 is 1.56. The van der Waals surface area contributed by atoms with Gasteiger partial charge in [-0.15, -0.1) is 34.4 Å². The van der Waals surface area contributed by atoms with Gasteiger partial charge in [-0.05, 0) is 17.5 Å². The van der Waals surface area contributed by atoms with Crippen LogP contribution in [0.3, 0.4) is 0 Å². The van der Waals surface area contributed by atoms with E-state index in [9.17, 15) is 29.5 Å². The smallest absolute Gasteiger partial charge is 0.316 e. The molecule has 38 heavy (non-hydrogen) atoms. The van der Waals surface area contributed by atoms with Crippen molar-refractivity contribution in [2.75, 3.05) is 18.0 Å². The van der Waals surface area contributed by atoms with Gasteiger partial charge in [0.2, 0.25) is 5.91 Å². The summed E-state index contributed by atoms with van der Waals surface area (Å²) in [4.78, 5) is 55.5. The Bertz CT molecular complexity index is 1570. The Hall–Kier alpha value is -3.40. The second-order valence-electron chi connectivity index (χ2n) is 8.45. The number of fused-ring (bicyclic) bond motifs is 2. The minimum absolute atomic E-state index is 0.0697. The van der Waals surface area contributed by atoms with Crippen LogP contribution in [-0.2, 0) is 14.4 Å². The Morgan fingerprint density at radius 1 is 1.32 bits per heavy atom. The zero-order chi connectivity index (χ0) is 27.0. The van der Waals surface area contributed by atoms with Crippen molar-refractivity contribution in [1.82, 2.24) is 15.2 Å². The summed E-state index contributed by atoms with van der Waals surface area (Å²) in [6.45, 7) is -0.0697. The van der Waals surface area contributed by atoms with Crippen molar-refractivity contribution in [2.45, 2.75) is 15.6 Å². The molecule has 5 N–H and O–H groups in total. The van der Waals surface area contributed by atoms with Crippen molar-refractivity contribution < 1.29 is 24.7 Å². The van der Waals surface area contributed by atoms with Gasteiger partial charge in [-0.3, -0.25) is 19.2 Å². The number of benzene rings is 1. The van der Waals surface area contributed by atoms with E-state index in [1.807, 2.05) is 12.1 Å². The van der Waals surface area contributed by atoms with Crippen molar-refractivity contribution in [3.63, 3.8) is 0 Å². The van der Waals surface area contributed by atoms with Gasteiger partial charge in [0.15, 0.2) is 16.3 Å². The Morgan fingerprint density at radius 3 is 2.82 bits per heavy atom. The van der Waals surface area contributed by atoms with E-state index in [1.165, 1.54) is 51.2 Å². The van der Waals surface area contributed by atoms with E-state index in [0.717, 1.165) is 20.2 Å². The Labute approximate surface area is 231 Å². The van der Waals surface area contributed by atoms with Gasteiger partial charge in [-0.2, -0.15) is 0 Å². The second kappa shape index (κ2) is 10.4. The third-order valence-electron chi connectivity index (χ3n) is 6.08. The molecule has 3 atom stereocenters. The molecule has 2 aliphatic heterocycles. The molecule has 2 saturated heterocycles. The molecule has 3 aromatic rings. The van der Waals surface area contributed by atoms with Gasteiger partial charge >= 0.3 is 5.97 Å². The predicted octanol–water partition coefficient (Wildman–Crippen LogP) is 2.26. The number of rotatable bonds is 7. The first-order valence-corrected chi connectivity index (χ1v) is 14.6. The number of nitrogens with one attached hydrogen (secondary N) is 1. The third kappa shape index (κ3) is 4.77. The summed E-state index contributed by atoms with van der Waals surface area (Å²) in [7, 11) is 0. The number of hydrogen-bond donors (Lipinski definition) is 4. The Balaban J connectivity index is 1.26.